The van der Waals surface area contributed by atoms with Crippen molar-refractivity contribution in [2.75, 3.05) is 0 Å². The molecule has 1 unspecified atom stereocenters. The first-order chi connectivity index (χ1) is 11.6. The molecule has 1 aliphatic carbocycles. The Morgan fingerprint density at radius 3 is 2.58 bits per heavy atom. The second-order valence-electron chi connectivity index (χ2n) is 5.95. The van der Waals surface area contributed by atoms with Crippen molar-refractivity contribution in [1.29, 1.82) is 5.26 Å². The molecule has 0 amide bonds. The van der Waals surface area contributed by atoms with Crippen LogP contribution in [-0.4, -0.2) is 11.0 Å². The zero-order valence-electron chi connectivity index (χ0n) is 13.8. The minimum absolute atomic E-state index is 0.0532. The summed E-state index contributed by atoms with van der Waals surface area (Å²) in [6.07, 6.45) is 6.62. The molecule has 0 radical (unpaired) electrons. The standard InChI is InChI=1S/C14H17FN2.C5H5NO/c1-10(17-13-4-2-3-5-13)11-6-7-14(15)12(8-11)9-16;7-5-3-1-2-4-6-5/h6-8,10,13,17H,2-5H2,1H3;1-4H,(H,6,7). The van der Waals surface area contributed by atoms with E-state index < -0.39 is 5.82 Å². The quantitative estimate of drug-likeness (QED) is 0.904. The molecule has 1 heterocycles. The van der Waals surface area contributed by atoms with Crippen molar-refractivity contribution in [3.8, 4) is 6.07 Å². The fraction of sp³-hybridized carbons (Fsp3) is 0.368. The third kappa shape index (κ3) is 5.32. The van der Waals surface area contributed by atoms with Crippen molar-refractivity contribution in [1.82, 2.24) is 10.3 Å². The lowest BCUT2D eigenvalue weighted by atomic mass is 10.0. The predicted octanol–water partition coefficient (Wildman–Crippen LogP) is 3.67. The summed E-state index contributed by atoms with van der Waals surface area (Å²) in [7, 11) is 0. The molecule has 0 aliphatic heterocycles. The third-order valence-corrected chi connectivity index (χ3v) is 4.13. The Labute approximate surface area is 141 Å². The molecule has 2 aromatic rings. The van der Waals surface area contributed by atoms with Crippen LogP contribution in [0.2, 0.25) is 0 Å². The van der Waals surface area contributed by atoms with Gasteiger partial charge in [0, 0.05) is 24.3 Å². The summed E-state index contributed by atoms with van der Waals surface area (Å²) in [4.78, 5) is 12.7. The summed E-state index contributed by atoms with van der Waals surface area (Å²) < 4.78 is 13.2. The van der Waals surface area contributed by atoms with Crippen molar-refractivity contribution < 1.29 is 4.39 Å². The first-order valence-corrected chi connectivity index (χ1v) is 8.19. The van der Waals surface area contributed by atoms with Gasteiger partial charge in [-0.2, -0.15) is 5.26 Å². The number of hydrogen-bond acceptors (Lipinski definition) is 3. The highest BCUT2D eigenvalue weighted by atomic mass is 19.1. The van der Waals surface area contributed by atoms with E-state index in [-0.39, 0.29) is 17.2 Å². The molecule has 1 saturated carbocycles. The van der Waals surface area contributed by atoms with Crippen LogP contribution in [0.1, 0.15) is 49.8 Å². The molecule has 1 aromatic carbocycles. The monoisotopic (exact) mass is 327 g/mol. The van der Waals surface area contributed by atoms with Gasteiger partial charge in [-0.25, -0.2) is 4.39 Å². The average Bonchev–Trinajstić information content (AvgIpc) is 3.09. The van der Waals surface area contributed by atoms with Crippen LogP contribution in [0, 0.1) is 17.1 Å². The van der Waals surface area contributed by atoms with Crippen molar-refractivity contribution in [2.24, 2.45) is 0 Å². The van der Waals surface area contributed by atoms with E-state index in [1.807, 2.05) is 6.07 Å². The molecule has 1 fully saturated rings. The smallest absolute Gasteiger partial charge is 0.247 e. The Balaban J connectivity index is 0.000000249. The van der Waals surface area contributed by atoms with Gasteiger partial charge in [0.15, 0.2) is 0 Å². The number of hydrogen-bond donors (Lipinski definition) is 2. The third-order valence-electron chi connectivity index (χ3n) is 4.13. The second-order valence-corrected chi connectivity index (χ2v) is 5.95. The summed E-state index contributed by atoms with van der Waals surface area (Å²) >= 11 is 0. The maximum Gasteiger partial charge on any atom is 0.247 e. The van der Waals surface area contributed by atoms with E-state index in [0.717, 1.165) is 5.56 Å². The zero-order chi connectivity index (χ0) is 17.4. The minimum Gasteiger partial charge on any atom is -0.329 e. The Hall–Kier alpha value is -2.45. The molecule has 3 rings (SSSR count). The zero-order valence-corrected chi connectivity index (χ0v) is 13.8. The van der Waals surface area contributed by atoms with Gasteiger partial charge in [-0.1, -0.05) is 25.0 Å². The van der Waals surface area contributed by atoms with Gasteiger partial charge in [0.05, 0.1) is 5.56 Å². The SMILES string of the molecule is CC(NC1CCCC1)c1ccc(F)c(C#N)c1.O=c1cccc[nH]1. The lowest BCUT2D eigenvalue weighted by Gasteiger charge is -2.19. The van der Waals surface area contributed by atoms with Gasteiger partial charge in [-0.05, 0) is 43.5 Å². The lowest BCUT2D eigenvalue weighted by molar-refractivity contribution is 0.461. The first-order valence-electron chi connectivity index (χ1n) is 8.19. The van der Waals surface area contributed by atoms with Crippen molar-refractivity contribution >= 4 is 0 Å². The number of aromatic amines is 1. The fourth-order valence-electron chi connectivity index (χ4n) is 2.82. The van der Waals surface area contributed by atoms with Crippen LogP contribution in [-0.2, 0) is 0 Å². The van der Waals surface area contributed by atoms with E-state index in [1.54, 1.807) is 30.5 Å². The average molecular weight is 327 g/mol. The number of rotatable bonds is 3. The van der Waals surface area contributed by atoms with E-state index >= 15 is 0 Å². The van der Waals surface area contributed by atoms with Crippen molar-refractivity contribution in [3.05, 3.63) is 69.9 Å². The highest BCUT2D eigenvalue weighted by molar-refractivity contribution is 5.35. The molecule has 1 aromatic heterocycles. The lowest BCUT2D eigenvalue weighted by Crippen LogP contribution is -2.28. The summed E-state index contributed by atoms with van der Waals surface area (Å²) in [5.41, 5.74) is 1.06. The Kier molecular flexibility index (Phi) is 6.71. The number of nitrogens with zero attached hydrogens (tertiary/aromatic N) is 1. The second kappa shape index (κ2) is 8.99. The summed E-state index contributed by atoms with van der Waals surface area (Å²) in [6, 6.07) is 12.3. The molecular formula is C19H22FN3O. The van der Waals surface area contributed by atoms with Crippen LogP contribution in [0.5, 0.6) is 0 Å². The Morgan fingerprint density at radius 1 is 1.29 bits per heavy atom. The number of nitrogens with one attached hydrogen (secondary N) is 2. The maximum absolute atomic E-state index is 13.2. The Bertz CT molecular complexity index is 727. The first kappa shape index (κ1) is 17.9. The Morgan fingerprint density at radius 2 is 2.04 bits per heavy atom. The number of benzene rings is 1. The van der Waals surface area contributed by atoms with Gasteiger partial charge in [0.2, 0.25) is 5.56 Å². The molecule has 0 saturated heterocycles. The highest BCUT2D eigenvalue weighted by Crippen LogP contribution is 2.23. The maximum atomic E-state index is 13.2. The molecular weight excluding hydrogens is 305 g/mol. The molecule has 1 atom stereocenters. The van der Waals surface area contributed by atoms with E-state index in [1.165, 1.54) is 37.8 Å². The van der Waals surface area contributed by atoms with Crippen LogP contribution >= 0.6 is 0 Å². The fourth-order valence-corrected chi connectivity index (χ4v) is 2.82. The number of pyridine rings is 1. The molecule has 4 nitrogen and oxygen atoms in total. The van der Waals surface area contributed by atoms with Gasteiger partial charge < -0.3 is 10.3 Å². The predicted molar refractivity (Wildman–Crippen MR) is 92.0 cm³/mol. The van der Waals surface area contributed by atoms with Crippen LogP contribution < -0.4 is 10.9 Å². The number of halogens is 1. The largest absolute Gasteiger partial charge is 0.329 e. The summed E-state index contributed by atoms with van der Waals surface area (Å²) in [5.74, 6) is -0.440. The molecule has 126 valence electrons. The summed E-state index contributed by atoms with van der Waals surface area (Å²) in [5, 5.41) is 12.3. The number of nitriles is 1. The van der Waals surface area contributed by atoms with Gasteiger partial charge >= 0.3 is 0 Å². The van der Waals surface area contributed by atoms with Crippen molar-refractivity contribution in [2.45, 2.75) is 44.7 Å². The molecule has 1 aliphatic rings. The number of aromatic nitrogens is 1. The normalized spacial score (nSPS) is 15.2. The van der Waals surface area contributed by atoms with Crippen molar-refractivity contribution in [3.63, 3.8) is 0 Å². The van der Waals surface area contributed by atoms with Gasteiger partial charge in [-0.3, -0.25) is 4.79 Å². The topological polar surface area (TPSA) is 68.7 Å². The van der Waals surface area contributed by atoms with Gasteiger partial charge in [-0.15, -0.1) is 0 Å². The van der Waals surface area contributed by atoms with Gasteiger partial charge in [0.1, 0.15) is 11.9 Å². The van der Waals surface area contributed by atoms with Crippen LogP contribution in [0.3, 0.4) is 0 Å². The van der Waals surface area contributed by atoms with Gasteiger partial charge in [0.25, 0.3) is 0 Å². The van der Waals surface area contributed by atoms with E-state index in [4.69, 9.17) is 5.26 Å². The minimum atomic E-state index is -0.440. The van der Waals surface area contributed by atoms with E-state index in [9.17, 15) is 9.18 Å². The van der Waals surface area contributed by atoms with Crippen LogP contribution in [0.4, 0.5) is 4.39 Å². The number of H-pyrrole nitrogens is 1. The molecule has 0 bridgehead atoms. The van der Waals surface area contributed by atoms with E-state index in [0.29, 0.717) is 6.04 Å². The van der Waals surface area contributed by atoms with Crippen LogP contribution in [0.25, 0.3) is 0 Å². The van der Waals surface area contributed by atoms with Crippen LogP contribution in [0.15, 0.2) is 47.4 Å². The summed E-state index contributed by atoms with van der Waals surface area (Å²) in [6.45, 7) is 2.06. The molecule has 24 heavy (non-hydrogen) atoms. The molecule has 0 spiro atoms. The highest BCUT2D eigenvalue weighted by Gasteiger charge is 2.18. The van der Waals surface area contributed by atoms with E-state index in [2.05, 4.69) is 17.2 Å². The molecule has 2 N–H and O–H groups in total. The molecule has 5 heteroatoms.